The van der Waals surface area contributed by atoms with E-state index < -0.39 is 0 Å². The fraction of sp³-hybridized carbons (Fsp3) is 0.238. The van der Waals surface area contributed by atoms with Gasteiger partial charge in [-0.3, -0.25) is 14.5 Å². The predicted octanol–water partition coefficient (Wildman–Crippen LogP) is 4.36. The molecule has 0 aliphatic carbocycles. The molecule has 5 nitrogen and oxygen atoms in total. The van der Waals surface area contributed by atoms with Crippen molar-refractivity contribution in [3.8, 4) is 0 Å². The van der Waals surface area contributed by atoms with Crippen LogP contribution < -0.4 is 4.90 Å². The Bertz CT molecular complexity index is 906. The summed E-state index contributed by atoms with van der Waals surface area (Å²) in [5, 5.41) is -0.222. The van der Waals surface area contributed by atoms with Gasteiger partial charge in [0, 0.05) is 22.3 Å². The van der Waals surface area contributed by atoms with E-state index in [1.54, 1.807) is 6.08 Å². The number of nitrogens with zero attached hydrogens (tertiary/aromatic N) is 2. The third-order valence-electron chi connectivity index (χ3n) is 4.69. The first-order chi connectivity index (χ1) is 13.6. The topological polar surface area (TPSA) is 49.9 Å². The quantitative estimate of drug-likeness (QED) is 0.456. The average molecular weight is 506 g/mol. The molecule has 0 bridgehead atoms. The highest BCUT2D eigenvalue weighted by molar-refractivity contribution is 14.1. The molecule has 144 valence electrons. The number of anilines is 1. The molecule has 0 atom stereocenters. The highest BCUT2D eigenvalue weighted by atomic mass is 127. The van der Waals surface area contributed by atoms with Crippen LogP contribution in [0.2, 0.25) is 0 Å². The van der Waals surface area contributed by atoms with Crippen molar-refractivity contribution < 1.29 is 14.3 Å². The largest absolute Gasteiger partial charge is 0.378 e. The van der Waals surface area contributed by atoms with Crippen molar-refractivity contribution in [2.75, 3.05) is 31.2 Å². The maximum Gasteiger partial charge on any atom is 0.293 e. The number of carbonyl (C=O) groups is 2. The molecular formula is C21H19IN2O3S. The van der Waals surface area contributed by atoms with Gasteiger partial charge in [0.05, 0.1) is 24.7 Å². The monoisotopic (exact) mass is 506 g/mol. The van der Waals surface area contributed by atoms with Crippen LogP contribution in [-0.2, 0) is 16.1 Å². The Labute approximate surface area is 181 Å². The van der Waals surface area contributed by atoms with E-state index in [0.717, 1.165) is 58.4 Å². The van der Waals surface area contributed by atoms with Crippen LogP contribution in [0.15, 0.2) is 53.4 Å². The van der Waals surface area contributed by atoms with Gasteiger partial charge in [0.15, 0.2) is 0 Å². The van der Waals surface area contributed by atoms with Crippen molar-refractivity contribution in [2.45, 2.75) is 6.54 Å². The van der Waals surface area contributed by atoms with Gasteiger partial charge >= 0.3 is 0 Å². The van der Waals surface area contributed by atoms with Crippen LogP contribution in [0.3, 0.4) is 0 Å². The second-order valence-corrected chi connectivity index (χ2v) is 8.82. The molecule has 4 rings (SSSR count). The van der Waals surface area contributed by atoms with Crippen LogP contribution in [0.5, 0.6) is 0 Å². The van der Waals surface area contributed by atoms with Crippen molar-refractivity contribution in [3.05, 3.63) is 68.1 Å². The number of hydrogen-bond acceptors (Lipinski definition) is 5. The number of thioether (sulfide) groups is 1. The number of benzene rings is 2. The molecule has 7 heteroatoms. The number of halogens is 1. The summed E-state index contributed by atoms with van der Waals surface area (Å²) in [7, 11) is 0. The van der Waals surface area contributed by atoms with Gasteiger partial charge in [0.1, 0.15) is 0 Å². The number of imide groups is 1. The Morgan fingerprint density at radius 3 is 2.36 bits per heavy atom. The Balaban J connectivity index is 1.46. The maximum absolute atomic E-state index is 12.7. The van der Waals surface area contributed by atoms with Crippen molar-refractivity contribution in [3.63, 3.8) is 0 Å². The minimum absolute atomic E-state index is 0.222. The zero-order valence-corrected chi connectivity index (χ0v) is 18.1. The maximum atomic E-state index is 12.7. The van der Waals surface area contributed by atoms with E-state index in [1.807, 2.05) is 48.5 Å². The second kappa shape index (κ2) is 8.67. The first kappa shape index (κ1) is 19.5. The van der Waals surface area contributed by atoms with Gasteiger partial charge in [-0.2, -0.15) is 0 Å². The molecule has 0 radical (unpaired) electrons. The molecule has 0 spiro atoms. The fourth-order valence-corrected chi connectivity index (χ4v) is 4.36. The number of hydrogen-bond donors (Lipinski definition) is 0. The van der Waals surface area contributed by atoms with E-state index in [-0.39, 0.29) is 11.1 Å². The van der Waals surface area contributed by atoms with Crippen molar-refractivity contribution >= 4 is 57.3 Å². The van der Waals surface area contributed by atoms with E-state index in [0.29, 0.717) is 11.4 Å². The molecule has 2 fully saturated rings. The number of rotatable bonds is 4. The summed E-state index contributed by atoms with van der Waals surface area (Å²) in [6.45, 7) is 3.56. The SMILES string of the molecule is O=C1S/C(=C/c2ccc(N3CCOCC3)cc2)C(=O)N1Cc1ccc(I)cc1. The van der Waals surface area contributed by atoms with Gasteiger partial charge in [-0.05, 0) is 75.8 Å². The minimum atomic E-state index is -0.231. The first-order valence-corrected chi connectivity index (χ1v) is 10.9. The van der Waals surface area contributed by atoms with E-state index in [9.17, 15) is 9.59 Å². The summed E-state index contributed by atoms with van der Waals surface area (Å²) < 4.78 is 6.51. The van der Waals surface area contributed by atoms with Gasteiger partial charge in [-0.15, -0.1) is 0 Å². The van der Waals surface area contributed by atoms with Crippen molar-refractivity contribution in [1.82, 2.24) is 4.90 Å². The van der Waals surface area contributed by atoms with Gasteiger partial charge in [-0.25, -0.2) is 0 Å². The molecule has 2 amide bonds. The zero-order chi connectivity index (χ0) is 19.5. The molecule has 0 unspecified atom stereocenters. The van der Waals surface area contributed by atoms with Crippen molar-refractivity contribution in [2.24, 2.45) is 0 Å². The summed E-state index contributed by atoms with van der Waals surface area (Å²) in [4.78, 5) is 29.1. The molecule has 2 heterocycles. The van der Waals surface area contributed by atoms with Crippen LogP contribution in [0, 0.1) is 3.57 Å². The molecule has 2 aromatic carbocycles. The molecule has 2 aliphatic heterocycles. The smallest absolute Gasteiger partial charge is 0.293 e. The third kappa shape index (κ3) is 4.42. The lowest BCUT2D eigenvalue weighted by Gasteiger charge is -2.28. The second-order valence-electron chi connectivity index (χ2n) is 6.59. The van der Waals surface area contributed by atoms with Crippen LogP contribution in [0.25, 0.3) is 6.08 Å². The summed E-state index contributed by atoms with van der Waals surface area (Å²) in [6.07, 6.45) is 1.79. The van der Waals surface area contributed by atoms with Crippen molar-refractivity contribution in [1.29, 1.82) is 0 Å². The first-order valence-electron chi connectivity index (χ1n) is 9.03. The highest BCUT2D eigenvalue weighted by Crippen LogP contribution is 2.33. The van der Waals surface area contributed by atoms with E-state index in [2.05, 4.69) is 27.5 Å². The number of carbonyl (C=O) groups excluding carboxylic acids is 2. The van der Waals surface area contributed by atoms with E-state index in [4.69, 9.17) is 4.74 Å². The molecule has 2 saturated heterocycles. The minimum Gasteiger partial charge on any atom is -0.378 e. The molecule has 0 N–H and O–H groups in total. The fourth-order valence-electron chi connectivity index (χ4n) is 3.16. The lowest BCUT2D eigenvalue weighted by molar-refractivity contribution is -0.123. The average Bonchev–Trinajstić information content (AvgIpc) is 2.98. The molecule has 2 aromatic rings. The van der Waals surface area contributed by atoms with Crippen LogP contribution in [0.1, 0.15) is 11.1 Å². The predicted molar refractivity (Wildman–Crippen MR) is 120 cm³/mol. The standard InChI is InChI=1S/C21H19IN2O3S/c22-17-5-1-16(2-6-17)14-24-20(25)19(28-21(24)26)13-15-3-7-18(8-4-15)23-9-11-27-12-10-23/h1-8,13H,9-12,14H2/b19-13+. The van der Waals surface area contributed by atoms with Crippen LogP contribution >= 0.6 is 34.4 Å². The van der Waals surface area contributed by atoms with Crippen LogP contribution in [-0.4, -0.2) is 42.3 Å². The Morgan fingerprint density at radius 1 is 1.00 bits per heavy atom. The van der Waals surface area contributed by atoms with Gasteiger partial charge < -0.3 is 9.64 Å². The van der Waals surface area contributed by atoms with Gasteiger partial charge in [0.25, 0.3) is 11.1 Å². The zero-order valence-electron chi connectivity index (χ0n) is 15.1. The molecule has 0 saturated carbocycles. The Hall–Kier alpha value is -1.84. The van der Waals surface area contributed by atoms with E-state index in [1.165, 1.54) is 4.90 Å². The van der Waals surface area contributed by atoms with Gasteiger partial charge in [0.2, 0.25) is 0 Å². The third-order valence-corrected chi connectivity index (χ3v) is 6.32. The number of amides is 2. The molecular weight excluding hydrogens is 487 g/mol. The lowest BCUT2D eigenvalue weighted by Crippen LogP contribution is -2.36. The Kier molecular flexibility index (Phi) is 6.03. The summed E-state index contributed by atoms with van der Waals surface area (Å²) >= 11 is 3.23. The molecule has 28 heavy (non-hydrogen) atoms. The normalized spacial score (nSPS) is 19.0. The lowest BCUT2D eigenvalue weighted by atomic mass is 10.1. The summed E-state index contributed by atoms with van der Waals surface area (Å²) in [5.41, 5.74) is 3.00. The number of ether oxygens (including phenoxy) is 1. The summed E-state index contributed by atoms with van der Waals surface area (Å²) in [6, 6.07) is 15.9. The van der Waals surface area contributed by atoms with Gasteiger partial charge in [-0.1, -0.05) is 24.3 Å². The summed E-state index contributed by atoms with van der Waals surface area (Å²) in [5.74, 6) is -0.231. The van der Waals surface area contributed by atoms with E-state index >= 15 is 0 Å². The molecule has 0 aromatic heterocycles. The molecule has 2 aliphatic rings. The highest BCUT2D eigenvalue weighted by Gasteiger charge is 2.34. The van der Waals surface area contributed by atoms with Crippen LogP contribution in [0.4, 0.5) is 10.5 Å². The number of morpholine rings is 1. The Morgan fingerprint density at radius 2 is 1.68 bits per heavy atom.